The van der Waals surface area contributed by atoms with Gasteiger partial charge in [0.1, 0.15) is 0 Å². The minimum absolute atomic E-state index is 0.0612. The number of sulfonamides is 1. The third kappa shape index (κ3) is 5.97. The lowest BCUT2D eigenvalue weighted by Gasteiger charge is -2.21. The van der Waals surface area contributed by atoms with Crippen LogP contribution in [0.5, 0.6) is 0 Å². The van der Waals surface area contributed by atoms with Crippen LogP contribution >= 0.6 is 23.2 Å². The van der Waals surface area contributed by atoms with Gasteiger partial charge >= 0.3 is 0 Å². The van der Waals surface area contributed by atoms with E-state index in [9.17, 15) is 8.42 Å². The zero-order chi connectivity index (χ0) is 15.3. The van der Waals surface area contributed by atoms with Crippen molar-refractivity contribution in [1.82, 2.24) is 4.72 Å². The molecule has 20 heavy (non-hydrogen) atoms. The predicted molar refractivity (Wildman–Crippen MR) is 82.6 cm³/mol. The monoisotopic (exact) mass is 339 g/mol. The van der Waals surface area contributed by atoms with Crippen molar-refractivity contribution in [3.8, 4) is 0 Å². The van der Waals surface area contributed by atoms with E-state index in [0.29, 0.717) is 22.0 Å². The molecule has 4 nitrogen and oxygen atoms in total. The average molecular weight is 340 g/mol. The van der Waals surface area contributed by atoms with Crippen LogP contribution in [-0.2, 0) is 15.8 Å². The summed E-state index contributed by atoms with van der Waals surface area (Å²) in [5.41, 5.74) is 0.529. The molecule has 0 radical (unpaired) electrons. The summed E-state index contributed by atoms with van der Waals surface area (Å²) in [7, 11) is -3.51. The van der Waals surface area contributed by atoms with E-state index in [1.807, 2.05) is 13.8 Å². The number of benzene rings is 1. The first-order valence-electron chi connectivity index (χ1n) is 6.29. The molecule has 0 fully saturated rings. The molecule has 0 aliphatic heterocycles. The molecule has 1 rings (SSSR count). The van der Waals surface area contributed by atoms with Crippen molar-refractivity contribution >= 4 is 33.2 Å². The van der Waals surface area contributed by atoms with Crippen molar-refractivity contribution in [2.45, 2.75) is 32.1 Å². The van der Waals surface area contributed by atoms with Gasteiger partial charge in [0.2, 0.25) is 10.0 Å². The van der Waals surface area contributed by atoms with Crippen molar-refractivity contribution in [3.05, 3.63) is 33.8 Å². The zero-order valence-corrected chi connectivity index (χ0v) is 13.8. The van der Waals surface area contributed by atoms with Gasteiger partial charge in [-0.3, -0.25) is 0 Å². The average Bonchev–Trinajstić information content (AvgIpc) is 2.25. The second-order valence-electron chi connectivity index (χ2n) is 5.02. The van der Waals surface area contributed by atoms with E-state index in [4.69, 9.17) is 28.3 Å². The lowest BCUT2D eigenvalue weighted by Crippen LogP contribution is -2.39. The number of hydrogen-bond acceptors (Lipinski definition) is 3. The van der Waals surface area contributed by atoms with Crippen molar-refractivity contribution in [1.29, 1.82) is 0 Å². The lowest BCUT2D eigenvalue weighted by molar-refractivity contribution is 0.256. The number of rotatable bonds is 7. The van der Waals surface area contributed by atoms with E-state index in [0.717, 1.165) is 0 Å². The predicted octanol–water partition coefficient (Wildman–Crippen LogP) is 2.82. The summed E-state index contributed by atoms with van der Waals surface area (Å²) in [6, 6.07) is 4.40. The van der Waals surface area contributed by atoms with Gasteiger partial charge in [0.15, 0.2) is 0 Å². The molecule has 0 saturated heterocycles. The van der Waals surface area contributed by atoms with E-state index in [1.54, 1.807) is 18.2 Å². The number of halogens is 2. The van der Waals surface area contributed by atoms with Crippen LogP contribution in [0.15, 0.2) is 18.2 Å². The van der Waals surface area contributed by atoms with Gasteiger partial charge < -0.3 is 5.11 Å². The van der Waals surface area contributed by atoms with Gasteiger partial charge in [-0.15, -0.1) is 0 Å². The van der Waals surface area contributed by atoms with Gasteiger partial charge in [0, 0.05) is 22.7 Å². The molecule has 0 aliphatic carbocycles. The van der Waals surface area contributed by atoms with Gasteiger partial charge in [-0.25, -0.2) is 13.1 Å². The maximum atomic E-state index is 12.1. The van der Waals surface area contributed by atoms with Gasteiger partial charge in [0.25, 0.3) is 0 Å². The van der Waals surface area contributed by atoms with Crippen LogP contribution in [0.1, 0.15) is 25.8 Å². The first kappa shape index (κ1) is 17.7. The Balaban J connectivity index is 2.83. The summed E-state index contributed by atoms with van der Waals surface area (Å²) in [6.45, 7) is 3.74. The lowest BCUT2D eigenvalue weighted by atomic mass is 10.0. The molecule has 0 heterocycles. The van der Waals surface area contributed by atoms with Crippen molar-refractivity contribution < 1.29 is 13.5 Å². The molecule has 2 N–H and O–H groups in total. The van der Waals surface area contributed by atoms with Crippen molar-refractivity contribution in [3.63, 3.8) is 0 Å². The second-order valence-corrected chi connectivity index (χ2v) is 7.64. The zero-order valence-electron chi connectivity index (χ0n) is 11.4. The molecule has 1 unspecified atom stereocenters. The molecule has 0 aliphatic rings. The molecule has 0 spiro atoms. The highest BCUT2D eigenvalue weighted by Crippen LogP contribution is 2.20. The number of aliphatic hydroxyl groups is 1. The molecule has 1 aromatic rings. The SMILES string of the molecule is CC(C)C(CCO)NS(=O)(=O)Cc1cc(Cl)cc(Cl)c1. The van der Waals surface area contributed by atoms with Crippen LogP contribution in [0.2, 0.25) is 10.0 Å². The fourth-order valence-corrected chi connectivity index (χ4v) is 3.96. The maximum absolute atomic E-state index is 12.1. The standard InChI is InChI=1S/C13H19Cl2NO3S/c1-9(2)13(3-4-17)16-20(18,19)8-10-5-11(14)7-12(15)6-10/h5-7,9,13,16-17H,3-4,8H2,1-2H3. The molecule has 1 aromatic carbocycles. The number of aliphatic hydroxyl groups excluding tert-OH is 1. The van der Waals surface area contributed by atoms with E-state index >= 15 is 0 Å². The van der Waals surface area contributed by atoms with Crippen molar-refractivity contribution in [2.75, 3.05) is 6.61 Å². The molecule has 0 saturated carbocycles. The summed E-state index contributed by atoms with van der Waals surface area (Å²) >= 11 is 11.7. The maximum Gasteiger partial charge on any atom is 0.216 e. The van der Waals surface area contributed by atoms with E-state index in [-0.39, 0.29) is 24.3 Å². The Morgan fingerprint density at radius 1 is 1.20 bits per heavy atom. The Bertz CT molecular complexity index is 526. The van der Waals surface area contributed by atoms with E-state index in [1.165, 1.54) is 0 Å². The summed E-state index contributed by atoms with van der Waals surface area (Å²) in [4.78, 5) is 0. The highest BCUT2D eigenvalue weighted by Gasteiger charge is 2.21. The Morgan fingerprint density at radius 2 is 1.75 bits per heavy atom. The highest BCUT2D eigenvalue weighted by atomic mass is 35.5. The fraction of sp³-hybridized carbons (Fsp3) is 0.538. The minimum Gasteiger partial charge on any atom is -0.396 e. The van der Waals surface area contributed by atoms with Crippen LogP contribution in [0.4, 0.5) is 0 Å². The van der Waals surface area contributed by atoms with Crippen LogP contribution in [0.25, 0.3) is 0 Å². The molecule has 0 aromatic heterocycles. The molecular weight excluding hydrogens is 321 g/mol. The van der Waals surface area contributed by atoms with Gasteiger partial charge in [-0.1, -0.05) is 37.0 Å². The molecule has 0 amide bonds. The number of nitrogens with one attached hydrogen (secondary N) is 1. The second kappa shape index (κ2) is 7.61. The Hall–Kier alpha value is -0.330. The molecule has 0 bridgehead atoms. The summed E-state index contributed by atoms with van der Waals surface area (Å²) < 4.78 is 26.9. The smallest absolute Gasteiger partial charge is 0.216 e. The van der Waals surface area contributed by atoms with E-state index in [2.05, 4.69) is 4.72 Å². The first-order valence-corrected chi connectivity index (χ1v) is 8.70. The normalized spacial score (nSPS) is 13.7. The molecule has 114 valence electrons. The largest absolute Gasteiger partial charge is 0.396 e. The summed E-state index contributed by atoms with van der Waals surface area (Å²) in [6.07, 6.45) is 0.382. The van der Waals surface area contributed by atoms with Crippen molar-refractivity contribution in [2.24, 2.45) is 5.92 Å². The topological polar surface area (TPSA) is 66.4 Å². The Kier molecular flexibility index (Phi) is 6.75. The Morgan fingerprint density at radius 3 is 2.20 bits per heavy atom. The third-order valence-electron chi connectivity index (χ3n) is 2.85. The Labute approximate surface area is 130 Å². The molecular formula is C13H19Cl2NO3S. The summed E-state index contributed by atoms with van der Waals surface area (Å²) in [5.74, 6) is -0.0954. The first-order chi connectivity index (χ1) is 9.23. The van der Waals surface area contributed by atoms with Crippen LogP contribution < -0.4 is 4.72 Å². The van der Waals surface area contributed by atoms with Crippen LogP contribution in [-0.4, -0.2) is 26.2 Å². The molecule has 1 atom stereocenters. The number of hydrogen-bond donors (Lipinski definition) is 2. The summed E-state index contributed by atoms with van der Waals surface area (Å²) in [5, 5.41) is 9.78. The minimum atomic E-state index is -3.51. The third-order valence-corrected chi connectivity index (χ3v) is 4.67. The van der Waals surface area contributed by atoms with Crippen LogP contribution in [0.3, 0.4) is 0 Å². The van der Waals surface area contributed by atoms with Gasteiger partial charge in [-0.05, 0) is 36.1 Å². The van der Waals surface area contributed by atoms with Crippen LogP contribution in [0, 0.1) is 5.92 Å². The quantitative estimate of drug-likeness (QED) is 0.802. The molecule has 7 heteroatoms. The highest BCUT2D eigenvalue weighted by molar-refractivity contribution is 7.88. The fourth-order valence-electron chi connectivity index (χ4n) is 1.85. The van der Waals surface area contributed by atoms with Gasteiger partial charge in [0.05, 0.1) is 5.75 Å². The van der Waals surface area contributed by atoms with E-state index < -0.39 is 10.0 Å². The van der Waals surface area contributed by atoms with Gasteiger partial charge in [-0.2, -0.15) is 0 Å².